The molecule has 0 radical (unpaired) electrons. The van der Waals surface area contributed by atoms with E-state index in [-0.39, 0.29) is 17.2 Å². The monoisotopic (exact) mass is 389 g/mol. The maximum absolute atomic E-state index is 13.2. The van der Waals surface area contributed by atoms with Gasteiger partial charge < -0.3 is 5.32 Å². The van der Waals surface area contributed by atoms with Crippen LogP contribution in [0.1, 0.15) is 10.4 Å². The van der Waals surface area contributed by atoms with Crippen molar-refractivity contribution in [1.82, 2.24) is 0 Å². The molecule has 1 amide bonds. The molecule has 0 fully saturated rings. The van der Waals surface area contributed by atoms with Gasteiger partial charge in [0.15, 0.2) is 5.57 Å². The molecule has 0 saturated carbocycles. The Morgan fingerprint density at radius 2 is 1.23 bits per heavy atom. The summed E-state index contributed by atoms with van der Waals surface area (Å²) in [5.74, 6) is -0.184. The number of rotatable bonds is 5. The Bertz CT molecular complexity index is 1180. The molecule has 0 aromatic heterocycles. The number of carbonyl (C=O) groups is 1. The number of allylic oxidation sites excluding steroid dienone is 2. The van der Waals surface area contributed by atoms with Crippen molar-refractivity contribution in [3.8, 4) is 18.2 Å². The van der Waals surface area contributed by atoms with Crippen molar-refractivity contribution in [2.45, 2.75) is 0 Å². The van der Waals surface area contributed by atoms with Crippen LogP contribution < -0.4 is 10.2 Å². The van der Waals surface area contributed by atoms with E-state index in [4.69, 9.17) is 10.5 Å². The second-order valence-corrected chi connectivity index (χ2v) is 6.10. The van der Waals surface area contributed by atoms with Crippen LogP contribution in [0.5, 0.6) is 0 Å². The average molecular weight is 389 g/mol. The Morgan fingerprint density at radius 1 is 0.700 bits per heavy atom. The largest absolute Gasteiger partial charge is 0.345 e. The number of amides is 1. The molecule has 6 heteroatoms. The number of nitrogens with zero attached hydrogens (tertiary/aromatic N) is 4. The van der Waals surface area contributed by atoms with Gasteiger partial charge in [0.25, 0.3) is 5.91 Å². The van der Waals surface area contributed by atoms with Crippen LogP contribution in [0.3, 0.4) is 0 Å². The summed E-state index contributed by atoms with van der Waals surface area (Å²) in [6, 6.07) is 30.2. The van der Waals surface area contributed by atoms with E-state index in [1.54, 1.807) is 65.6 Å². The summed E-state index contributed by atoms with van der Waals surface area (Å²) in [6.45, 7) is 0. The molecule has 0 saturated heterocycles. The van der Waals surface area contributed by atoms with Crippen molar-refractivity contribution in [1.29, 1.82) is 15.8 Å². The minimum atomic E-state index is -0.299. The van der Waals surface area contributed by atoms with Gasteiger partial charge in [0.2, 0.25) is 0 Å². The van der Waals surface area contributed by atoms with Crippen LogP contribution in [0, 0.1) is 34.0 Å². The number of hydrogen-bond donors (Lipinski definition) is 1. The Hall–Kier alpha value is -4.86. The summed E-state index contributed by atoms with van der Waals surface area (Å²) >= 11 is 0. The van der Waals surface area contributed by atoms with Gasteiger partial charge in [-0.25, -0.2) is 0 Å². The molecule has 0 spiro atoms. The molecule has 3 aromatic rings. The van der Waals surface area contributed by atoms with Crippen LogP contribution in [-0.4, -0.2) is 5.91 Å². The third kappa shape index (κ3) is 4.34. The zero-order valence-corrected chi connectivity index (χ0v) is 15.8. The highest BCUT2D eigenvalue weighted by atomic mass is 16.2. The van der Waals surface area contributed by atoms with E-state index in [1.165, 1.54) is 0 Å². The highest BCUT2D eigenvalue weighted by Gasteiger charge is 2.19. The number of benzene rings is 3. The van der Waals surface area contributed by atoms with E-state index in [1.807, 2.05) is 42.5 Å². The first kappa shape index (κ1) is 19.9. The summed E-state index contributed by atoms with van der Waals surface area (Å²) < 4.78 is 0. The molecule has 0 aliphatic carbocycles. The van der Waals surface area contributed by atoms with Crippen LogP contribution in [0.15, 0.2) is 96.2 Å². The maximum atomic E-state index is 13.2. The van der Waals surface area contributed by atoms with E-state index in [2.05, 4.69) is 5.32 Å². The summed E-state index contributed by atoms with van der Waals surface area (Å²) in [5.41, 5.74) is 1.97. The van der Waals surface area contributed by atoms with Crippen LogP contribution in [0.25, 0.3) is 0 Å². The van der Waals surface area contributed by atoms with Crippen LogP contribution >= 0.6 is 0 Å². The zero-order chi connectivity index (χ0) is 21.3. The van der Waals surface area contributed by atoms with E-state index >= 15 is 0 Å². The van der Waals surface area contributed by atoms with Gasteiger partial charge in [0.1, 0.15) is 23.9 Å². The third-order valence-electron chi connectivity index (χ3n) is 4.22. The lowest BCUT2D eigenvalue weighted by atomic mass is 10.1. The van der Waals surface area contributed by atoms with Gasteiger partial charge >= 0.3 is 0 Å². The third-order valence-corrected chi connectivity index (χ3v) is 4.22. The molecule has 3 rings (SSSR count). The number of nitrogens with one attached hydrogen (secondary N) is 1. The maximum Gasteiger partial charge on any atom is 0.262 e. The molecular weight excluding hydrogens is 374 g/mol. The predicted molar refractivity (Wildman–Crippen MR) is 113 cm³/mol. The average Bonchev–Trinajstić information content (AvgIpc) is 2.81. The molecule has 0 aliphatic heterocycles. The van der Waals surface area contributed by atoms with Crippen LogP contribution in [0.4, 0.5) is 17.1 Å². The number of hydrogen-bond acceptors (Lipinski definition) is 5. The molecule has 0 heterocycles. The summed E-state index contributed by atoms with van der Waals surface area (Å²) in [4.78, 5) is 14.8. The Kier molecular flexibility index (Phi) is 6.21. The fourth-order valence-corrected chi connectivity index (χ4v) is 2.79. The first-order chi connectivity index (χ1) is 14.7. The summed E-state index contributed by atoms with van der Waals surface area (Å²) in [6.07, 6.45) is 0. The fraction of sp³-hybridized carbons (Fsp3) is 0. The lowest BCUT2D eigenvalue weighted by Crippen LogP contribution is -2.25. The molecule has 0 bridgehead atoms. The molecular formula is C24H15N5O. The van der Waals surface area contributed by atoms with Gasteiger partial charge in [-0.05, 0) is 48.5 Å². The predicted octanol–water partition coefficient (Wildman–Crippen LogP) is 4.90. The standard InChI is InChI=1S/C24H15N5O/c25-15-19(16-26)23(17-27)28-20-11-13-22(14-12-20)29(21-9-5-2-6-10-21)24(30)18-7-3-1-4-8-18/h1-14,28H. The second-order valence-electron chi connectivity index (χ2n) is 6.10. The van der Waals surface area contributed by atoms with E-state index in [9.17, 15) is 10.1 Å². The van der Waals surface area contributed by atoms with Crippen LogP contribution in [-0.2, 0) is 0 Å². The minimum absolute atomic E-state index is 0.131. The molecule has 1 N–H and O–H groups in total. The first-order valence-corrected chi connectivity index (χ1v) is 8.94. The highest BCUT2D eigenvalue weighted by Crippen LogP contribution is 2.29. The normalized spacial score (nSPS) is 9.37. The number of para-hydroxylation sites is 1. The number of carbonyl (C=O) groups excluding carboxylic acids is 1. The van der Waals surface area contributed by atoms with Crippen molar-refractivity contribution in [3.05, 3.63) is 102 Å². The molecule has 3 aromatic carbocycles. The highest BCUT2D eigenvalue weighted by molar-refractivity contribution is 6.10. The zero-order valence-electron chi connectivity index (χ0n) is 15.8. The Morgan fingerprint density at radius 3 is 1.77 bits per heavy atom. The smallest absolute Gasteiger partial charge is 0.262 e. The van der Waals surface area contributed by atoms with Crippen molar-refractivity contribution >= 4 is 23.0 Å². The van der Waals surface area contributed by atoms with E-state index < -0.39 is 0 Å². The van der Waals surface area contributed by atoms with Crippen molar-refractivity contribution in [2.24, 2.45) is 0 Å². The van der Waals surface area contributed by atoms with Gasteiger partial charge in [-0.1, -0.05) is 36.4 Å². The lowest BCUT2D eigenvalue weighted by Gasteiger charge is -2.23. The molecule has 0 aliphatic rings. The van der Waals surface area contributed by atoms with Gasteiger partial charge in [0, 0.05) is 22.6 Å². The molecule has 142 valence electrons. The van der Waals surface area contributed by atoms with Crippen molar-refractivity contribution in [2.75, 3.05) is 10.2 Å². The number of nitriles is 3. The molecule has 30 heavy (non-hydrogen) atoms. The Labute approximate surface area is 174 Å². The fourth-order valence-electron chi connectivity index (χ4n) is 2.79. The minimum Gasteiger partial charge on any atom is -0.345 e. The quantitative estimate of drug-likeness (QED) is 0.625. The van der Waals surface area contributed by atoms with E-state index in [0.29, 0.717) is 22.6 Å². The molecule has 6 nitrogen and oxygen atoms in total. The molecule has 0 unspecified atom stereocenters. The number of anilines is 3. The summed E-state index contributed by atoms with van der Waals surface area (Å²) in [7, 11) is 0. The molecule has 0 atom stereocenters. The van der Waals surface area contributed by atoms with Crippen LogP contribution in [0.2, 0.25) is 0 Å². The summed E-state index contributed by atoms with van der Waals surface area (Å²) in [5, 5.41) is 29.9. The van der Waals surface area contributed by atoms with E-state index in [0.717, 1.165) is 0 Å². The van der Waals surface area contributed by atoms with Crippen molar-refractivity contribution in [3.63, 3.8) is 0 Å². The first-order valence-electron chi connectivity index (χ1n) is 8.94. The Balaban J connectivity index is 1.97. The van der Waals surface area contributed by atoms with Gasteiger partial charge in [-0.3, -0.25) is 9.69 Å². The van der Waals surface area contributed by atoms with Gasteiger partial charge in [-0.15, -0.1) is 0 Å². The lowest BCUT2D eigenvalue weighted by molar-refractivity contribution is 0.0999. The SMILES string of the molecule is N#CC(C#N)=C(C#N)Nc1ccc(N(C(=O)c2ccccc2)c2ccccc2)cc1. The van der Waals surface area contributed by atoms with Gasteiger partial charge in [0.05, 0.1) is 0 Å². The van der Waals surface area contributed by atoms with Gasteiger partial charge in [-0.2, -0.15) is 15.8 Å². The second kappa shape index (κ2) is 9.37. The van der Waals surface area contributed by atoms with Crippen molar-refractivity contribution < 1.29 is 4.79 Å². The topological polar surface area (TPSA) is 104 Å².